The Morgan fingerprint density at radius 3 is 2.74 bits per heavy atom. The molecule has 0 bridgehead atoms. The van der Waals surface area contributed by atoms with Crippen molar-refractivity contribution in [1.82, 2.24) is 9.97 Å². The zero-order chi connectivity index (χ0) is 14.0. The molecule has 5 nitrogen and oxygen atoms in total. The SMILES string of the molecule is COc1ccc(-c2cc(C(=O)O)ncn2)c(C)c1Cl. The first-order valence-electron chi connectivity index (χ1n) is 5.43. The number of carbonyl (C=O) groups is 1. The van der Waals surface area contributed by atoms with Crippen LogP contribution < -0.4 is 4.74 Å². The number of methoxy groups -OCH3 is 1. The van der Waals surface area contributed by atoms with E-state index in [1.807, 2.05) is 6.92 Å². The second-order valence-electron chi connectivity index (χ2n) is 3.85. The van der Waals surface area contributed by atoms with Crippen molar-refractivity contribution in [2.24, 2.45) is 0 Å². The molecule has 0 fully saturated rings. The second kappa shape index (κ2) is 5.24. The number of ether oxygens (including phenoxy) is 1. The van der Waals surface area contributed by atoms with Crippen LogP contribution in [0.15, 0.2) is 24.5 Å². The molecule has 1 aromatic carbocycles. The standard InChI is InChI=1S/C13H11ClN2O3/c1-7-8(3-4-11(19-2)12(7)14)9-5-10(13(17)18)16-6-15-9/h3-6H,1-2H3,(H,17,18). The Kier molecular flexibility index (Phi) is 3.66. The quantitative estimate of drug-likeness (QED) is 0.934. The molecule has 0 saturated heterocycles. The van der Waals surface area contributed by atoms with Crippen LogP contribution in [0.3, 0.4) is 0 Å². The van der Waals surface area contributed by atoms with Gasteiger partial charge < -0.3 is 9.84 Å². The molecule has 98 valence electrons. The fourth-order valence-electron chi connectivity index (χ4n) is 1.72. The van der Waals surface area contributed by atoms with Crippen LogP contribution in [-0.4, -0.2) is 28.2 Å². The number of hydrogen-bond donors (Lipinski definition) is 1. The number of carboxylic acids is 1. The van der Waals surface area contributed by atoms with Crippen molar-refractivity contribution in [3.8, 4) is 17.0 Å². The van der Waals surface area contributed by atoms with E-state index in [4.69, 9.17) is 21.4 Å². The van der Waals surface area contributed by atoms with Crippen LogP contribution in [0.2, 0.25) is 5.02 Å². The molecule has 1 heterocycles. The van der Waals surface area contributed by atoms with Crippen LogP contribution in [0, 0.1) is 6.92 Å². The molecular weight excluding hydrogens is 268 g/mol. The van der Waals surface area contributed by atoms with Gasteiger partial charge in [0.15, 0.2) is 5.69 Å². The summed E-state index contributed by atoms with van der Waals surface area (Å²) < 4.78 is 5.12. The van der Waals surface area contributed by atoms with Crippen molar-refractivity contribution in [3.63, 3.8) is 0 Å². The zero-order valence-corrected chi connectivity index (χ0v) is 11.1. The van der Waals surface area contributed by atoms with E-state index in [2.05, 4.69) is 9.97 Å². The lowest BCUT2D eigenvalue weighted by atomic mass is 10.0. The van der Waals surface area contributed by atoms with Gasteiger partial charge in [0.2, 0.25) is 0 Å². The van der Waals surface area contributed by atoms with Crippen molar-refractivity contribution in [1.29, 1.82) is 0 Å². The van der Waals surface area contributed by atoms with Crippen LogP contribution in [0.25, 0.3) is 11.3 Å². The zero-order valence-electron chi connectivity index (χ0n) is 10.3. The minimum Gasteiger partial charge on any atom is -0.495 e. The predicted molar refractivity (Wildman–Crippen MR) is 70.7 cm³/mol. The maximum Gasteiger partial charge on any atom is 0.354 e. The van der Waals surface area contributed by atoms with E-state index in [1.165, 1.54) is 19.5 Å². The fourth-order valence-corrected chi connectivity index (χ4v) is 1.96. The van der Waals surface area contributed by atoms with Crippen LogP contribution in [0.1, 0.15) is 16.1 Å². The monoisotopic (exact) mass is 278 g/mol. The summed E-state index contributed by atoms with van der Waals surface area (Å²) in [6.45, 7) is 1.82. The number of aromatic carboxylic acids is 1. The summed E-state index contributed by atoms with van der Waals surface area (Å²) in [5.74, 6) is -0.531. The summed E-state index contributed by atoms with van der Waals surface area (Å²) in [5, 5.41) is 9.41. The molecule has 0 spiro atoms. The first kappa shape index (κ1) is 13.3. The summed E-state index contributed by atoms with van der Waals surface area (Å²) in [6, 6.07) is 4.91. The summed E-state index contributed by atoms with van der Waals surface area (Å²) in [4.78, 5) is 18.7. The lowest BCUT2D eigenvalue weighted by Crippen LogP contribution is -2.01. The molecule has 2 aromatic rings. The van der Waals surface area contributed by atoms with Gasteiger partial charge in [-0.3, -0.25) is 0 Å². The number of benzene rings is 1. The van der Waals surface area contributed by atoms with Gasteiger partial charge in [-0.15, -0.1) is 0 Å². The molecule has 0 unspecified atom stereocenters. The van der Waals surface area contributed by atoms with E-state index in [0.717, 1.165) is 11.1 Å². The minimum atomic E-state index is -1.10. The van der Waals surface area contributed by atoms with Gasteiger partial charge in [-0.25, -0.2) is 14.8 Å². The normalized spacial score (nSPS) is 10.3. The van der Waals surface area contributed by atoms with E-state index in [0.29, 0.717) is 16.5 Å². The van der Waals surface area contributed by atoms with Gasteiger partial charge >= 0.3 is 5.97 Å². The molecule has 0 atom stereocenters. The molecule has 0 aliphatic heterocycles. The Balaban J connectivity index is 2.56. The van der Waals surface area contributed by atoms with E-state index >= 15 is 0 Å². The molecule has 6 heteroatoms. The fraction of sp³-hybridized carbons (Fsp3) is 0.154. The van der Waals surface area contributed by atoms with Crippen molar-refractivity contribution in [2.75, 3.05) is 7.11 Å². The van der Waals surface area contributed by atoms with Crippen molar-refractivity contribution < 1.29 is 14.6 Å². The highest BCUT2D eigenvalue weighted by Crippen LogP contribution is 2.34. The number of aromatic nitrogens is 2. The number of rotatable bonds is 3. The minimum absolute atomic E-state index is 0.0589. The van der Waals surface area contributed by atoms with Crippen LogP contribution >= 0.6 is 11.6 Å². The Morgan fingerprint density at radius 1 is 1.37 bits per heavy atom. The maximum atomic E-state index is 10.9. The molecule has 19 heavy (non-hydrogen) atoms. The number of hydrogen-bond acceptors (Lipinski definition) is 4. The topological polar surface area (TPSA) is 72.3 Å². The van der Waals surface area contributed by atoms with E-state index in [9.17, 15) is 4.79 Å². The molecule has 0 saturated carbocycles. The summed E-state index contributed by atoms with van der Waals surface area (Å²) in [7, 11) is 1.54. The lowest BCUT2D eigenvalue weighted by molar-refractivity contribution is 0.0690. The highest BCUT2D eigenvalue weighted by Gasteiger charge is 2.13. The van der Waals surface area contributed by atoms with Crippen LogP contribution in [-0.2, 0) is 0 Å². The molecule has 1 aromatic heterocycles. The first-order chi connectivity index (χ1) is 9.04. The molecule has 0 aliphatic rings. The van der Waals surface area contributed by atoms with Crippen molar-refractivity contribution in [3.05, 3.63) is 40.8 Å². The maximum absolute atomic E-state index is 10.9. The van der Waals surface area contributed by atoms with Crippen molar-refractivity contribution in [2.45, 2.75) is 6.92 Å². The average Bonchev–Trinajstić information content (AvgIpc) is 2.42. The Labute approximate surface area is 114 Å². The van der Waals surface area contributed by atoms with Gasteiger partial charge in [0.25, 0.3) is 0 Å². The molecule has 0 aliphatic carbocycles. The first-order valence-corrected chi connectivity index (χ1v) is 5.81. The number of halogens is 1. The van der Waals surface area contributed by atoms with Crippen molar-refractivity contribution >= 4 is 17.6 Å². The molecule has 1 N–H and O–H groups in total. The molecule has 0 radical (unpaired) electrons. The van der Waals surface area contributed by atoms with Gasteiger partial charge in [0, 0.05) is 5.56 Å². The van der Waals surface area contributed by atoms with Gasteiger partial charge in [-0.1, -0.05) is 11.6 Å². The highest BCUT2D eigenvalue weighted by atomic mass is 35.5. The van der Waals surface area contributed by atoms with E-state index < -0.39 is 5.97 Å². The van der Waals surface area contributed by atoms with Crippen LogP contribution in [0.4, 0.5) is 0 Å². The third kappa shape index (κ3) is 2.51. The Morgan fingerprint density at radius 2 is 2.11 bits per heavy atom. The molecule has 2 rings (SSSR count). The Hall–Kier alpha value is -2.14. The van der Waals surface area contributed by atoms with Gasteiger partial charge in [-0.2, -0.15) is 0 Å². The molecular formula is C13H11ClN2O3. The summed E-state index contributed by atoms with van der Waals surface area (Å²) in [5.41, 5.74) is 1.97. The lowest BCUT2D eigenvalue weighted by Gasteiger charge is -2.10. The van der Waals surface area contributed by atoms with Gasteiger partial charge in [-0.05, 0) is 30.7 Å². The van der Waals surface area contributed by atoms with E-state index in [-0.39, 0.29) is 5.69 Å². The van der Waals surface area contributed by atoms with Crippen LogP contribution in [0.5, 0.6) is 5.75 Å². The molecule has 0 amide bonds. The van der Waals surface area contributed by atoms with E-state index in [1.54, 1.807) is 12.1 Å². The summed E-state index contributed by atoms with van der Waals surface area (Å²) in [6.07, 6.45) is 1.22. The van der Waals surface area contributed by atoms with Gasteiger partial charge in [0.1, 0.15) is 12.1 Å². The number of nitrogens with zero attached hydrogens (tertiary/aromatic N) is 2. The largest absolute Gasteiger partial charge is 0.495 e. The number of carboxylic acid groups (broad SMARTS) is 1. The Bertz CT molecular complexity index is 644. The van der Waals surface area contributed by atoms with Gasteiger partial charge in [0.05, 0.1) is 17.8 Å². The third-order valence-corrected chi connectivity index (χ3v) is 3.20. The highest BCUT2D eigenvalue weighted by molar-refractivity contribution is 6.33. The summed E-state index contributed by atoms with van der Waals surface area (Å²) >= 11 is 6.17. The third-order valence-electron chi connectivity index (χ3n) is 2.73. The average molecular weight is 279 g/mol. The second-order valence-corrected chi connectivity index (χ2v) is 4.23. The predicted octanol–water partition coefficient (Wildman–Crippen LogP) is 2.81. The smallest absolute Gasteiger partial charge is 0.354 e.